The smallest absolute Gasteiger partial charge is 0.226 e. The third kappa shape index (κ3) is 11.6. The molecule has 0 aliphatic carbocycles. The number of hydrogen-bond donors (Lipinski definition) is 2. The molecule has 2 rings (SSSR count). The van der Waals surface area contributed by atoms with E-state index in [2.05, 4.69) is 19.2 Å². The summed E-state index contributed by atoms with van der Waals surface area (Å²) in [5.74, 6) is -1.12. The monoisotopic (exact) mass is 715 g/mol. The van der Waals surface area contributed by atoms with Gasteiger partial charge in [-0.2, -0.15) is 0 Å². The first-order chi connectivity index (χ1) is 23.9. The molecule has 2 N–H and O–H groups in total. The van der Waals surface area contributed by atoms with Crippen molar-refractivity contribution in [3.8, 4) is 0 Å². The highest BCUT2D eigenvalue weighted by Crippen LogP contribution is 2.32. The van der Waals surface area contributed by atoms with E-state index in [9.17, 15) is 24.3 Å². The number of methoxy groups -OCH3 is 1. The fraction of sp³-hybridized carbons (Fsp3) is 0.756. The van der Waals surface area contributed by atoms with E-state index in [1.165, 1.54) is 0 Å². The number of nitrogens with zero attached hydrogens (tertiary/aromatic N) is 3. The number of aliphatic hydroxyl groups excluding tert-OH is 1. The maximum absolute atomic E-state index is 14.2. The van der Waals surface area contributed by atoms with Crippen LogP contribution in [0.15, 0.2) is 30.3 Å². The molecule has 1 aliphatic heterocycles. The zero-order valence-corrected chi connectivity index (χ0v) is 33.9. The third-order valence-electron chi connectivity index (χ3n) is 11.6. The molecule has 0 radical (unpaired) electrons. The fourth-order valence-corrected chi connectivity index (χ4v) is 8.08. The van der Waals surface area contributed by atoms with E-state index in [0.29, 0.717) is 6.54 Å². The molecule has 0 aromatic heterocycles. The average Bonchev–Trinajstić information content (AvgIpc) is 3.58. The Kier molecular flexibility index (Phi) is 17.8. The van der Waals surface area contributed by atoms with Gasteiger partial charge in [0.2, 0.25) is 17.7 Å². The van der Waals surface area contributed by atoms with E-state index in [1.54, 1.807) is 26.0 Å². The number of benzene rings is 1. The van der Waals surface area contributed by atoms with Gasteiger partial charge in [-0.3, -0.25) is 24.1 Å². The van der Waals surface area contributed by atoms with Crippen LogP contribution < -0.4 is 5.32 Å². The Morgan fingerprint density at radius 2 is 1.55 bits per heavy atom. The second kappa shape index (κ2) is 20.4. The molecule has 0 spiro atoms. The van der Waals surface area contributed by atoms with Crippen molar-refractivity contribution in [2.45, 2.75) is 131 Å². The molecular weight excluding hydrogens is 644 g/mol. The molecule has 1 aromatic rings. The summed E-state index contributed by atoms with van der Waals surface area (Å²) in [6.07, 6.45) is 1.31. The summed E-state index contributed by atoms with van der Waals surface area (Å²) in [5.41, 5.74) is 0.742. The second-order valence-corrected chi connectivity index (χ2v) is 16.1. The van der Waals surface area contributed by atoms with Crippen LogP contribution in [0, 0.1) is 35.5 Å². The summed E-state index contributed by atoms with van der Waals surface area (Å²) >= 11 is 0. The van der Waals surface area contributed by atoms with Gasteiger partial charge in [0.1, 0.15) is 0 Å². The van der Waals surface area contributed by atoms with Crippen molar-refractivity contribution < 1.29 is 29.0 Å². The molecule has 3 amide bonds. The lowest BCUT2D eigenvalue weighted by Gasteiger charge is -2.41. The number of likely N-dealkylation sites (tertiary alicyclic amines) is 1. The van der Waals surface area contributed by atoms with Crippen molar-refractivity contribution in [3.63, 3.8) is 0 Å². The van der Waals surface area contributed by atoms with E-state index < -0.39 is 24.2 Å². The highest BCUT2D eigenvalue weighted by Gasteiger charge is 2.42. The largest absolute Gasteiger partial charge is 0.386 e. The number of Topliss-reactive ketones (excluding diaryl/α,β-unsaturated/α-hetero) is 1. The second-order valence-electron chi connectivity index (χ2n) is 16.1. The first kappa shape index (κ1) is 44.3. The fourth-order valence-electron chi connectivity index (χ4n) is 8.08. The summed E-state index contributed by atoms with van der Waals surface area (Å²) in [7, 11) is 7.19. The van der Waals surface area contributed by atoms with E-state index in [1.807, 2.05) is 95.8 Å². The van der Waals surface area contributed by atoms with Crippen LogP contribution in [0.25, 0.3) is 0 Å². The quantitative estimate of drug-likeness (QED) is 0.181. The van der Waals surface area contributed by atoms with Crippen LogP contribution in [-0.2, 0) is 23.9 Å². The van der Waals surface area contributed by atoms with Crippen LogP contribution >= 0.6 is 0 Å². The molecular formula is C41H70N4O6. The van der Waals surface area contributed by atoms with Crippen LogP contribution in [0.4, 0.5) is 0 Å². The normalized spacial score (nSPS) is 20.3. The molecule has 1 fully saturated rings. The average molecular weight is 715 g/mol. The number of ether oxygens (including phenoxy) is 1. The van der Waals surface area contributed by atoms with Crippen molar-refractivity contribution in [1.29, 1.82) is 0 Å². The lowest BCUT2D eigenvalue weighted by molar-refractivity contribution is -0.148. The molecule has 10 nitrogen and oxygen atoms in total. The van der Waals surface area contributed by atoms with Crippen molar-refractivity contribution in [2.24, 2.45) is 35.5 Å². The molecule has 0 saturated carbocycles. The van der Waals surface area contributed by atoms with Gasteiger partial charge >= 0.3 is 0 Å². The number of ketones is 1. The first-order valence-corrected chi connectivity index (χ1v) is 19.2. The van der Waals surface area contributed by atoms with Gasteiger partial charge in [0.05, 0.1) is 36.8 Å². The van der Waals surface area contributed by atoms with Gasteiger partial charge in [-0.1, -0.05) is 92.1 Å². The number of carbonyl (C=O) groups is 4. The first-order valence-electron chi connectivity index (χ1n) is 19.2. The van der Waals surface area contributed by atoms with Gasteiger partial charge in [0, 0.05) is 45.0 Å². The van der Waals surface area contributed by atoms with Gasteiger partial charge in [-0.25, -0.2) is 0 Å². The molecule has 1 heterocycles. The van der Waals surface area contributed by atoms with Gasteiger partial charge < -0.3 is 25.0 Å². The minimum absolute atomic E-state index is 0.0376. The predicted molar refractivity (Wildman–Crippen MR) is 204 cm³/mol. The zero-order valence-electron chi connectivity index (χ0n) is 33.9. The minimum atomic E-state index is -0.831. The molecule has 1 unspecified atom stereocenters. The van der Waals surface area contributed by atoms with Crippen LogP contribution in [0.5, 0.6) is 0 Å². The van der Waals surface area contributed by atoms with Crippen LogP contribution in [0.1, 0.15) is 106 Å². The number of carbonyl (C=O) groups excluding carboxylic acids is 4. The Balaban J connectivity index is 2.21. The van der Waals surface area contributed by atoms with E-state index in [0.717, 1.165) is 24.8 Å². The lowest BCUT2D eigenvalue weighted by Crippen LogP contribution is -2.54. The standard InChI is InChI=1S/C41H70N4O6/c1-14-27(6)38(44(12)41(50)32(25(2)3)23-34(46)37(26(4)5)43(10)11)35(51-13)24-36(47)45-22-18-21-33(45)28(7)29(8)40(49)42-30(9)39(48)31-19-16-15-17-20-31/h15-17,19-20,25-30,32-33,35,37-39,48H,14,18,21-24H2,1-13H3,(H,42,49)/t27-,28+,29+,30+,32?,33-,35+,37-,38-,39+/m0/s1. The molecule has 0 bridgehead atoms. The highest BCUT2D eigenvalue weighted by molar-refractivity contribution is 5.90. The maximum Gasteiger partial charge on any atom is 0.226 e. The van der Waals surface area contributed by atoms with Gasteiger partial charge in [0.15, 0.2) is 5.78 Å². The van der Waals surface area contributed by atoms with Crippen molar-refractivity contribution in [1.82, 2.24) is 20.0 Å². The van der Waals surface area contributed by atoms with E-state index in [-0.39, 0.29) is 84.1 Å². The number of aliphatic hydroxyl groups is 1. The molecule has 290 valence electrons. The van der Waals surface area contributed by atoms with E-state index in [4.69, 9.17) is 4.74 Å². The zero-order chi connectivity index (χ0) is 38.7. The van der Waals surface area contributed by atoms with Gasteiger partial charge in [-0.05, 0) is 63.1 Å². The Bertz CT molecular complexity index is 1250. The summed E-state index contributed by atoms with van der Waals surface area (Å²) in [4.78, 5) is 60.8. The number of likely N-dealkylation sites (N-methyl/N-ethyl adjacent to an activating group) is 2. The molecule has 1 aromatic carbocycles. The van der Waals surface area contributed by atoms with Gasteiger partial charge in [0.25, 0.3) is 0 Å². The maximum atomic E-state index is 14.2. The van der Waals surface area contributed by atoms with Crippen molar-refractivity contribution in [2.75, 3.05) is 34.8 Å². The summed E-state index contributed by atoms with van der Waals surface area (Å²) < 4.78 is 6.04. The SMILES string of the molecule is CC[C@H](C)[C@@H]([C@@H](CC(=O)N1CCC[C@H]1[C@H](C)[C@@H](C)C(=O)N[C@H](C)[C@@H](O)c1ccccc1)OC)N(C)C(=O)C(CC(=O)[C@H](C(C)C)N(C)C)C(C)C. The molecule has 10 heteroatoms. The third-order valence-corrected chi connectivity index (χ3v) is 11.6. The minimum Gasteiger partial charge on any atom is -0.386 e. The number of amides is 3. The summed E-state index contributed by atoms with van der Waals surface area (Å²) in [6.45, 7) is 18.5. The van der Waals surface area contributed by atoms with E-state index >= 15 is 0 Å². The predicted octanol–water partition coefficient (Wildman–Crippen LogP) is 5.58. The Morgan fingerprint density at radius 1 is 0.941 bits per heavy atom. The topological polar surface area (TPSA) is 119 Å². The Labute approximate surface area is 309 Å². The molecule has 1 aliphatic rings. The van der Waals surface area contributed by atoms with Gasteiger partial charge in [-0.15, -0.1) is 0 Å². The number of rotatable bonds is 20. The molecule has 51 heavy (non-hydrogen) atoms. The number of nitrogens with one attached hydrogen (secondary N) is 1. The van der Waals surface area contributed by atoms with Crippen molar-refractivity contribution in [3.05, 3.63) is 35.9 Å². The van der Waals surface area contributed by atoms with Crippen LogP contribution in [0.3, 0.4) is 0 Å². The number of hydrogen-bond acceptors (Lipinski definition) is 7. The summed E-state index contributed by atoms with van der Waals surface area (Å²) in [6, 6.07) is 8.05. The van der Waals surface area contributed by atoms with Crippen LogP contribution in [-0.4, -0.2) is 108 Å². The van der Waals surface area contributed by atoms with Crippen LogP contribution in [0.2, 0.25) is 0 Å². The molecule has 1 saturated heterocycles. The Morgan fingerprint density at radius 3 is 2.06 bits per heavy atom. The van der Waals surface area contributed by atoms with Crippen molar-refractivity contribution >= 4 is 23.5 Å². The molecule has 10 atom stereocenters. The lowest BCUT2D eigenvalue weighted by atomic mass is 9.83. The highest BCUT2D eigenvalue weighted by atomic mass is 16.5. The summed E-state index contributed by atoms with van der Waals surface area (Å²) in [5, 5.41) is 13.8. The Hall–Kier alpha value is -2.82.